The minimum absolute atomic E-state index is 0.148. The van der Waals surface area contributed by atoms with Crippen molar-refractivity contribution in [3.63, 3.8) is 0 Å². The van der Waals surface area contributed by atoms with Crippen LogP contribution in [0.4, 0.5) is 5.82 Å². The van der Waals surface area contributed by atoms with Crippen molar-refractivity contribution in [1.82, 2.24) is 14.1 Å². The van der Waals surface area contributed by atoms with Crippen molar-refractivity contribution in [2.24, 2.45) is 5.92 Å². The highest BCUT2D eigenvalue weighted by atomic mass is 32.2. The summed E-state index contributed by atoms with van der Waals surface area (Å²) in [6, 6.07) is 18.2. The second-order valence-electron chi connectivity index (χ2n) is 8.38. The number of hydrogen-bond acceptors (Lipinski definition) is 4. The Balaban J connectivity index is 1.38. The molecular formula is C24H26N4O3S. The lowest BCUT2D eigenvalue weighted by Gasteiger charge is -2.31. The molecule has 2 aliphatic rings. The Morgan fingerprint density at radius 2 is 1.69 bits per heavy atom. The van der Waals surface area contributed by atoms with Crippen LogP contribution in [-0.2, 0) is 27.7 Å². The van der Waals surface area contributed by atoms with E-state index in [9.17, 15) is 13.2 Å². The molecule has 1 atom stereocenters. The van der Waals surface area contributed by atoms with Gasteiger partial charge in [-0.2, -0.15) is 9.40 Å². The fourth-order valence-corrected chi connectivity index (χ4v) is 6.16. The number of para-hydroxylation sites is 1. The largest absolute Gasteiger partial charge is 0.310 e. The summed E-state index contributed by atoms with van der Waals surface area (Å²) in [5, 5.41) is 7.86. The number of aryl methyl sites for hydroxylation is 1. The standard InChI is InChI=1S/C24H26N4O3S/c29-24(18-9-8-16-27(17-18)32(30,31)20-12-5-2-6-13-20)25-23-21-14-7-15-22(21)26-28(23)19-10-3-1-4-11-19/h1-6,10-13,18H,7-9,14-17H2,(H,25,29). The van der Waals surface area contributed by atoms with Crippen LogP contribution in [0.25, 0.3) is 5.69 Å². The van der Waals surface area contributed by atoms with E-state index in [2.05, 4.69) is 5.32 Å². The molecule has 2 heterocycles. The normalized spacial score (nSPS) is 18.9. The second kappa shape index (κ2) is 8.52. The molecule has 1 aliphatic heterocycles. The fourth-order valence-electron chi connectivity index (χ4n) is 4.61. The quantitative estimate of drug-likeness (QED) is 0.646. The van der Waals surface area contributed by atoms with Crippen molar-refractivity contribution < 1.29 is 13.2 Å². The van der Waals surface area contributed by atoms with Gasteiger partial charge in [-0.3, -0.25) is 4.79 Å². The molecule has 1 saturated heterocycles. The van der Waals surface area contributed by atoms with Gasteiger partial charge in [0.05, 0.1) is 22.2 Å². The Morgan fingerprint density at radius 3 is 2.44 bits per heavy atom. The summed E-state index contributed by atoms with van der Waals surface area (Å²) in [5.74, 6) is 0.167. The van der Waals surface area contributed by atoms with Crippen LogP contribution in [0, 0.1) is 5.92 Å². The molecule has 1 unspecified atom stereocenters. The highest BCUT2D eigenvalue weighted by Gasteiger charge is 2.34. The third kappa shape index (κ3) is 3.84. The first-order valence-electron chi connectivity index (χ1n) is 11.1. The average Bonchev–Trinajstić information content (AvgIpc) is 3.43. The smallest absolute Gasteiger partial charge is 0.243 e. The maximum Gasteiger partial charge on any atom is 0.243 e. The molecule has 1 fully saturated rings. The summed E-state index contributed by atoms with van der Waals surface area (Å²) in [4.78, 5) is 13.5. The number of anilines is 1. The summed E-state index contributed by atoms with van der Waals surface area (Å²) in [6.45, 7) is 0.614. The van der Waals surface area contributed by atoms with E-state index in [1.807, 2.05) is 35.0 Å². The third-order valence-electron chi connectivity index (χ3n) is 6.29. The molecular weight excluding hydrogens is 424 g/mol. The van der Waals surface area contributed by atoms with E-state index in [4.69, 9.17) is 5.10 Å². The number of hydrogen-bond donors (Lipinski definition) is 1. The van der Waals surface area contributed by atoms with Crippen molar-refractivity contribution in [3.8, 4) is 5.69 Å². The molecule has 5 rings (SSSR count). The van der Waals surface area contributed by atoms with Crippen LogP contribution in [-0.4, -0.2) is 41.5 Å². The minimum atomic E-state index is -3.62. The van der Waals surface area contributed by atoms with Crippen LogP contribution in [0.1, 0.15) is 30.5 Å². The van der Waals surface area contributed by atoms with Gasteiger partial charge < -0.3 is 5.32 Å². The van der Waals surface area contributed by atoms with Crippen molar-refractivity contribution in [2.75, 3.05) is 18.4 Å². The van der Waals surface area contributed by atoms with Crippen LogP contribution >= 0.6 is 0 Å². The van der Waals surface area contributed by atoms with E-state index in [1.165, 1.54) is 4.31 Å². The molecule has 0 spiro atoms. The zero-order chi connectivity index (χ0) is 22.1. The number of piperidine rings is 1. The summed E-state index contributed by atoms with van der Waals surface area (Å²) >= 11 is 0. The predicted molar refractivity (Wildman–Crippen MR) is 122 cm³/mol. The number of benzene rings is 2. The van der Waals surface area contributed by atoms with Gasteiger partial charge >= 0.3 is 0 Å². The van der Waals surface area contributed by atoms with E-state index >= 15 is 0 Å². The lowest BCUT2D eigenvalue weighted by Crippen LogP contribution is -2.43. The Kier molecular flexibility index (Phi) is 5.57. The molecule has 166 valence electrons. The van der Waals surface area contributed by atoms with Crippen LogP contribution in [0.3, 0.4) is 0 Å². The molecule has 3 aromatic rings. The zero-order valence-corrected chi connectivity index (χ0v) is 18.6. The lowest BCUT2D eigenvalue weighted by atomic mass is 9.99. The van der Waals surface area contributed by atoms with Crippen molar-refractivity contribution in [3.05, 3.63) is 71.9 Å². The summed E-state index contributed by atoms with van der Waals surface area (Å²) < 4.78 is 29.3. The van der Waals surface area contributed by atoms with E-state index < -0.39 is 15.9 Å². The molecule has 1 aromatic heterocycles. The van der Waals surface area contributed by atoms with Gasteiger partial charge in [0.1, 0.15) is 5.82 Å². The number of carbonyl (C=O) groups excluding carboxylic acids is 1. The van der Waals surface area contributed by atoms with Crippen LogP contribution < -0.4 is 5.32 Å². The Morgan fingerprint density at radius 1 is 0.969 bits per heavy atom. The summed E-state index contributed by atoms with van der Waals surface area (Å²) in [7, 11) is -3.62. The van der Waals surface area contributed by atoms with Crippen molar-refractivity contribution in [1.29, 1.82) is 0 Å². The highest BCUT2D eigenvalue weighted by molar-refractivity contribution is 7.89. The maximum absolute atomic E-state index is 13.3. The van der Waals surface area contributed by atoms with Gasteiger partial charge in [0.2, 0.25) is 15.9 Å². The number of carbonyl (C=O) groups is 1. The molecule has 32 heavy (non-hydrogen) atoms. The van der Waals surface area contributed by atoms with Crippen molar-refractivity contribution in [2.45, 2.75) is 37.0 Å². The highest BCUT2D eigenvalue weighted by Crippen LogP contribution is 2.32. The molecule has 0 bridgehead atoms. The molecule has 0 radical (unpaired) electrons. The van der Waals surface area contributed by atoms with Gasteiger partial charge in [-0.1, -0.05) is 36.4 Å². The zero-order valence-electron chi connectivity index (χ0n) is 17.8. The molecule has 0 saturated carbocycles. The van der Waals surface area contributed by atoms with E-state index in [0.717, 1.165) is 42.0 Å². The molecule has 7 nitrogen and oxygen atoms in total. The number of rotatable bonds is 5. The van der Waals surface area contributed by atoms with Gasteiger partial charge in [0.25, 0.3) is 0 Å². The lowest BCUT2D eigenvalue weighted by molar-refractivity contribution is -0.120. The number of nitrogens with zero attached hydrogens (tertiary/aromatic N) is 3. The van der Waals surface area contributed by atoms with E-state index in [0.29, 0.717) is 19.4 Å². The van der Waals surface area contributed by atoms with Crippen molar-refractivity contribution >= 4 is 21.7 Å². The Labute approximate surface area is 188 Å². The van der Waals surface area contributed by atoms with Gasteiger partial charge in [-0.25, -0.2) is 13.1 Å². The molecule has 1 N–H and O–H groups in total. The van der Waals surface area contributed by atoms with E-state index in [1.54, 1.807) is 30.3 Å². The Hall–Kier alpha value is -2.97. The number of fused-ring (bicyclic) bond motifs is 1. The number of nitrogens with one attached hydrogen (secondary N) is 1. The van der Waals surface area contributed by atoms with Crippen LogP contribution in [0.2, 0.25) is 0 Å². The minimum Gasteiger partial charge on any atom is -0.310 e. The topological polar surface area (TPSA) is 84.3 Å². The van der Waals surface area contributed by atoms with Gasteiger partial charge in [0, 0.05) is 18.7 Å². The average molecular weight is 451 g/mol. The summed E-state index contributed by atoms with van der Waals surface area (Å²) in [6.07, 6.45) is 4.14. The molecule has 1 aliphatic carbocycles. The first-order chi connectivity index (χ1) is 15.5. The number of aromatic nitrogens is 2. The maximum atomic E-state index is 13.3. The predicted octanol–water partition coefficient (Wildman–Crippen LogP) is 3.40. The second-order valence-corrected chi connectivity index (χ2v) is 10.3. The van der Waals surface area contributed by atoms with Gasteiger partial charge in [0.15, 0.2) is 0 Å². The van der Waals surface area contributed by atoms with Gasteiger partial charge in [-0.05, 0) is 56.4 Å². The molecule has 2 aromatic carbocycles. The number of amides is 1. The monoisotopic (exact) mass is 450 g/mol. The fraction of sp³-hybridized carbons (Fsp3) is 0.333. The Bertz CT molecular complexity index is 1220. The van der Waals surface area contributed by atoms with E-state index in [-0.39, 0.29) is 17.3 Å². The number of sulfonamides is 1. The third-order valence-corrected chi connectivity index (χ3v) is 8.16. The SMILES string of the molecule is O=C(Nc1c2c(nn1-c1ccccc1)CCC2)C1CCCN(S(=O)(=O)c2ccccc2)C1. The summed E-state index contributed by atoms with van der Waals surface area (Å²) in [5.41, 5.74) is 3.02. The van der Waals surface area contributed by atoms with Gasteiger partial charge in [-0.15, -0.1) is 0 Å². The molecule has 8 heteroatoms. The first kappa shape index (κ1) is 20.9. The van der Waals surface area contributed by atoms with Crippen LogP contribution in [0.5, 0.6) is 0 Å². The molecule has 1 amide bonds. The van der Waals surface area contributed by atoms with Crippen LogP contribution in [0.15, 0.2) is 65.6 Å². The first-order valence-corrected chi connectivity index (χ1v) is 12.5.